The summed E-state index contributed by atoms with van der Waals surface area (Å²) in [5, 5.41) is 59.1. The maximum absolute atomic E-state index is 14.1. The average molecular weight is 542 g/mol. The van der Waals surface area contributed by atoms with Crippen LogP contribution in [0.15, 0.2) is 35.1 Å². The molecule has 0 aromatic heterocycles. The van der Waals surface area contributed by atoms with Gasteiger partial charge in [-0.2, -0.15) is 0 Å². The molecule has 1 aromatic carbocycles. The molecule has 1 amide bonds. The molecule has 4 aliphatic rings. The van der Waals surface area contributed by atoms with Gasteiger partial charge in [0.25, 0.3) is 5.91 Å². The highest BCUT2D eigenvalue weighted by atomic mass is 16.3. The van der Waals surface area contributed by atoms with Gasteiger partial charge in [-0.3, -0.25) is 24.2 Å². The molecule has 39 heavy (non-hydrogen) atoms. The number of Topliss-reactive ketones (excluding diaryl/α,β-unsaturated/α-hetero) is 2. The van der Waals surface area contributed by atoms with E-state index in [0.29, 0.717) is 0 Å². The van der Waals surface area contributed by atoms with E-state index in [2.05, 4.69) is 5.32 Å². The number of piperidine rings is 1. The summed E-state index contributed by atoms with van der Waals surface area (Å²) < 4.78 is 0. The lowest BCUT2D eigenvalue weighted by Crippen LogP contribution is -2.67. The van der Waals surface area contributed by atoms with Crippen LogP contribution in [0.4, 0.5) is 0 Å². The Morgan fingerprint density at radius 3 is 2.41 bits per heavy atom. The number of benzene rings is 1. The van der Waals surface area contributed by atoms with Gasteiger partial charge in [-0.25, -0.2) is 0 Å². The van der Waals surface area contributed by atoms with Crippen LogP contribution < -0.4 is 5.32 Å². The highest BCUT2D eigenvalue weighted by molar-refractivity contribution is 6.25. The standard InChI is InChI=1S/C28H35N3O8/c1-27(38)14-8-7-9-17(32)18(14)22(33)19-15(27)12-16-21(30(2)3)23(34)20(25(36)28(16,39)24(19)35)26(37)29-13-31-10-5-4-6-11-31/h7-9,15-16,21,32-33,36,38-39H,4-6,10-13H2,1-3H3,(H,29,37). The van der Waals surface area contributed by atoms with Gasteiger partial charge < -0.3 is 30.8 Å². The number of nitrogens with one attached hydrogen (secondary N) is 1. The van der Waals surface area contributed by atoms with Crippen LogP contribution in [0.5, 0.6) is 5.75 Å². The topological polar surface area (TPSA) is 171 Å². The number of aromatic hydroxyl groups is 1. The van der Waals surface area contributed by atoms with Gasteiger partial charge in [-0.05, 0) is 65.0 Å². The zero-order valence-corrected chi connectivity index (χ0v) is 22.3. The minimum atomic E-state index is -2.72. The zero-order chi connectivity index (χ0) is 28.4. The van der Waals surface area contributed by atoms with Gasteiger partial charge in [0.1, 0.15) is 22.8 Å². The largest absolute Gasteiger partial charge is 0.508 e. The number of likely N-dealkylation sites (N-methyl/N-ethyl adjacent to an activating group) is 1. The molecular formula is C28H35N3O8. The van der Waals surface area contributed by atoms with Gasteiger partial charge in [-0.15, -0.1) is 0 Å². The Bertz CT molecular complexity index is 1310. The van der Waals surface area contributed by atoms with Gasteiger partial charge in [0.15, 0.2) is 11.4 Å². The number of aliphatic hydroxyl groups is 4. The second kappa shape index (κ2) is 9.44. The zero-order valence-electron chi connectivity index (χ0n) is 22.3. The van der Waals surface area contributed by atoms with Gasteiger partial charge in [0, 0.05) is 17.4 Å². The van der Waals surface area contributed by atoms with Crippen LogP contribution >= 0.6 is 0 Å². The molecule has 6 N–H and O–H groups in total. The molecule has 1 aromatic rings. The second-order valence-corrected chi connectivity index (χ2v) is 11.4. The fraction of sp³-hybridized carbons (Fsp3) is 0.536. The summed E-state index contributed by atoms with van der Waals surface area (Å²) >= 11 is 0. The summed E-state index contributed by atoms with van der Waals surface area (Å²) in [4.78, 5) is 44.5. The number of ketones is 2. The van der Waals surface area contributed by atoms with E-state index in [0.717, 1.165) is 32.4 Å². The van der Waals surface area contributed by atoms with E-state index in [1.807, 2.05) is 4.90 Å². The van der Waals surface area contributed by atoms with Crippen molar-refractivity contribution in [2.45, 2.75) is 49.9 Å². The lowest BCUT2D eigenvalue weighted by molar-refractivity contribution is -0.159. The number of rotatable bonds is 4. The maximum atomic E-state index is 14.1. The van der Waals surface area contributed by atoms with Gasteiger partial charge in [-0.1, -0.05) is 18.6 Å². The molecule has 210 valence electrons. The molecule has 1 saturated heterocycles. The van der Waals surface area contributed by atoms with E-state index in [1.54, 1.807) is 14.1 Å². The minimum Gasteiger partial charge on any atom is -0.508 e. The number of phenols is 1. The number of likely N-dealkylation sites (tertiary alicyclic amines) is 1. The predicted molar refractivity (Wildman–Crippen MR) is 139 cm³/mol. The van der Waals surface area contributed by atoms with Gasteiger partial charge >= 0.3 is 0 Å². The summed E-state index contributed by atoms with van der Waals surface area (Å²) in [5.41, 5.74) is -5.53. The Kier molecular flexibility index (Phi) is 6.61. The normalized spacial score (nSPS) is 33.1. The fourth-order valence-electron chi connectivity index (χ4n) is 6.87. The summed E-state index contributed by atoms with van der Waals surface area (Å²) in [6, 6.07) is 3.12. The van der Waals surface area contributed by atoms with Gasteiger partial charge in [0.05, 0.1) is 23.9 Å². The molecule has 0 bridgehead atoms. The number of carbonyl (C=O) groups excluding carboxylic acids is 3. The first-order valence-electron chi connectivity index (χ1n) is 13.2. The molecular weight excluding hydrogens is 506 g/mol. The maximum Gasteiger partial charge on any atom is 0.259 e. The summed E-state index contributed by atoms with van der Waals surface area (Å²) in [6.07, 6.45) is 2.87. The predicted octanol–water partition coefficient (Wildman–Crippen LogP) is 0.703. The summed E-state index contributed by atoms with van der Waals surface area (Å²) in [7, 11) is 3.13. The van der Waals surface area contributed by atoms with Crippen LogP contribution in [-0.2, 0) is 20.0 Å². The van der Waals surface area contributed by atoms with Crippen molar-refractivity contribution in [2.75, 3.05) is 33.9 Å². The molecule has 0 spiro atoms. The van der Waals surface area contributed by atoms with Crippen LogP contribution in [0.3, 0.4) is 0 Å². The Labute approximate surface area is 226 Å². The third-order valence-corrected chi connectivity index (χ3v) is 8.91. The molecule has 5 atom stereocenters. The van der Waals surface area contributed by atoms with Crippen molar-refractivity contribution in [2.24, 2.45) is 11.8 Å². The van der Waals surface area contributed by atoms with E-state index in [4.69, 9.17) is 0 Å². The van der Waals surface area contributed by atoms with Gasteiger partial charge in [0.2, 0.25) is 5.78 Å². The number of amides is 1. The highest BCUT2D eigenvalue weighted by Crippen LogP contribution is 2.57. The van der Waals surface area contributed by atoms with E-state index in [-0.39, 0.29) is 35.5 Å². The van der Waals surface area contributed by atoms with Crippen molar-refractivity contribution in [1.29, 1.82) is 0 Å². The van der Waals surface area contributed by atoms with Crippen molar-refractivity contribution >= 4 is 23.2 Å². The van der Waals surface area contributed by atoms with Crippen molar-refractivity contribution in [3.8, 4) is 5.75 Å². The first-order chi connectivity index (χ1) is 18.3. The summed E-state index contributed by atoms with van der Waals surface area (Å²) in [6.45, 7) is 3.11. The van der Waals surface area contributed by atoms with Crippen molar-refractivity contribution in [3.05, 3.63) is 46.2 Å². The van der Waals surface area contributed by atoms with Crippen LogP contribution in [0.1, 0.15) is 43.7 Å². The monoisotopic (exact) mass is 541 g/mol. The molecule has 3 aliphatic carbocycles. The van der Waals surface area contributed by atoms with Crippen LogP contribution in [-0.4, -0.2) is 98.3 Å². The smallest absolute Gasteiger partial charge is 0.259 e. The number of nitrogens with zero attached hydrogens (tertiary/aromatic N) is 2. The second-order valence-electron chi connectivity index (χ2n) is 11.4. The molecule has 5 unspecified atom stereocenters. The van der Waals surface area contributed by atoms with E-state index in [9.17, 15) is 39.9 Å². The van der Waals surface area contributed by atoms with Crippen LogP contribution in [0.2, 0.25) is 0 Å². The van der Waals surface area contributed by atoms with Crippen LogP contribution in [0, 0.1) is 11.8 Å². The third-order valence-electron chi connectivity index (χ3n) is 8.91. The Morgan fingerprint density at radius 1 is 1.10 bits per heavy atom. The highest BCUT2D eigenvalue weighted by Gasteiger charge is 2.66. The molecule has 11 nitrogen and oxygen atoms in total. The van der Waals surface area contributed by atoms with E-state index < -0.39 is 63.6 Å². The number of aliphatic hydroxyl groups excluding tert-OH is 2. The average Bonchev–Trinajstić information content (AvgIpc) is 2.88. The first kappa shape index (κ1) is 27.3. The lowest BCUT2D eigenvalue weighted by Gasteiger charge is -2.53. The lowest BCUT2D eigenvalue weighted by atomic mass is 9.54. The number of hydrogen-bond donors (Lipinski definition) is 6. The first-order valence-corrected chi connectivity index (χ1v) is 13.2. The van der Waals surface area contributed by atoms with Crippen LogP contribution in [0.25, 0.3) is 5.76 Å². The number of fused-ring (bicyclic) bond motifs is 3. The minimum absolute atomic E-state index is 0.137. The SMILES string of the molecule is CN(C)C1C(=O)C(C(=O)NCN2CCCCC2)=C(O)C2(O)C(=O)C3=C(O)c4c(O)cccc4C(C)(O)C3CC12. The summed E-state index contributed by atoms with van der Waals surface area (Å²) in [5.74, 6) is -7.17. The molecule has 2 fully saturated rings. The van der Waals surface area contributed by atoms with E-state index >= 15 is 0 Å². The number of hydrogen-bond acceptors (Lipinski definition) is 10. The number of phenolic OH excluding ortho intramolecular Hbond substituents is 1. The Morgan fingerprint density at radius 2 is 1.77 bits per heavy atom. The molecule has 1 heterocycles. The Hall–Kier alpha value is -3.25. The Balaban J connectivity index is 1.63. The molecule has 5 rings (SSSR count). The molecule has 1 aliphatic heterocycles. The van der Waals surface area contributed by atoms with Crippen molar-refractivity contribution < 1.29 is 39.9 Å². The molecule has 1 saturated carbocycles. The van der Waals surface area contributed by atoms with E-state index in [1.165, 1.54) is 30.0 Å². The quantitative estimate of drug-likeness (QED) is 0.298. The van der Waals surface area contributed by atoms with Crippen molar-refractivity contribution in [1.82, 2.24) is 15.1 Å². The molecule has 11 heteroatoms. The third kappa shape index (κ3) is 3.90. The fourth-order valence-corrected chi connectivity index (χ4v) is 6.87. The van der Waals surface area contributed by atoms with Crippen molar-refractivity contribution in [3.63, 3.8) is 0 Å². The number of carbonyl (C=O) groups is 3. The molecule has 0 radical (unpaired) electrons.